The van der Waals surface area contributed by atoms with Crippen LogP contribution in [0.4, 0.5) is 5.69 Å². The van der Waals surface area contributed by atoms with Crippen molar-refractivity contribution in [2.24, 2.45) is 5.10 Å². The molecule has 0 unspecified atom stereocenters. The summed E-state index contributed by atoms with van der Waals surface area (Å²) in [5.41, 5.74) is 2.88. The standard InChI is InChI=1S/C16H14ClN3O4/c1-2-24-15-7-6-13(17)8-12(15)10-18-19-16(21)11-4-3-5-14(9-11)20(22)23/h3-10H,2H2,1H3,(H,19,21). The van der Waals surface area contributed by atoms with Gasteiger partial charge in [-0.1, -0.05) is 17.7 Å². The summed E-state index contributed by atoms with van der Waals surface area (Å²) in [5.74, 6) is 0.0187. The predicted octanol–water partition coefficient (Wildman–Crippen LogP) is 3.41. The van der Waals surface area contributed by atoms with Crippen LogP contribution < -0.4 is 10.2 Å². The molecule has 8 heteroatoms. The average Bonchev–Trinajstić information content (AvgIpc) is 2.57. The minimum absolute atomic E-state index is 0.137. The number of hydrogen-bond donors (Lipinski definition) is 1. The maximum Gasteiger partial charge on any atom is 0.271 e. The van der Waals surface area contributed by atoms with E-state index < -0.39 is 10.8 Å². The molecule has 0 atom stereocenters. The van der Waals surface area contributed by atoms with Gasteiger partial charge in [0.2, 0.25) is 0 Å². The highest BCUT2D eigenvalue weighted by atomic mass is 35.5. The Kier molecular flexibility index (Phi) is 5.86. The molecule has 24 heavy (non-hydrogen) atoms. The number of halogens is 1. The summed E-state index contributed by atoms with van der Waals surface area (Å²) in [7, 11) is 0. The average molecular weight is 348 g/mol. The highest BCUT2D eigenvalue weighted by Gasteiger charge is 2.10. The van der Waals surface area contributed by atoms with Crippen molar-refractivity contribution in [1.29, 1.82) is 0 Å². The number of carbonyl (C=O) groups is 1. The Morgan fingerprint density at radius 3 is 2.88 bits per heavy atom. The van der Waals surface area contributed by atoms with Crippen LogP contribution >= 0.6 is 11.6 Å². The fraction of sp³-hybridized carbons (Fsp3) is 0.125. The largest absolute Gasteiger partial charge is 0.493 e. The van der Waals surface area contributed by atoms with E-state index in [2.05, 4.69) is 10.5 Å². The Morgan fingerprint density at radius 2 is 2.17 bits per heavy atom. The van der Waals surface area contributed by atoms with Gasteiger partial charge < -0.3 is 4.74 Å². The second-order valence-electron chi connectivity index (χ2n) is 4.62. The molecule has 0 heterocycles. The van der Waals surface area contributed by atoms with Crippen LogP contribution in [0.1, 0.15) is 22.8 Å². The van der Waals surface area contributed by atoms with E-state index >= 15 is 0 Å². The van der Waals surface area contributed by atoms with Gasteiger partial charge in [-0.2, -0.15) is 5.10 Å². The van der Waals surface area contributed by atoms with Gasteiger partial charge in [-0.15, -0.1) is 0 Å². The Morgan fingerprint density at radius 1 is 1.38 bits per heavy atom. The zero-order valence-electron chi connectivity index (χ0n) is 12.7. The summed E-state index contributed by atoms with van der Waals surface area (Å²) in [4.78, 5) is 22.1. The third kappa shape index (κ3) is 4.53. The van der Waals surface area contributed by atoms with Crippen LogP contribution in [0, 0.1) is 10.1 Å². The molecule has 2 aromatic rings. The Bertz CT molecular complexity index is 793. The van der Waals surface area contributed by atoms with Gasteiger partial charge in [0, 0.05) is 28.3 Å². The minimum atomic E-state index is -0.569. The normalized spacial score (nSPS) is 10.6. The van der Waals surface area contributed by atoms with Crippen molar-refractivity contribution in [3.05, 3.63) is 68.7 Å². The number of benzene rings is 2. The number of hydrogen-bond acceptors (Lipinski definition) is 5. The van der Waals surface area contributed by atoms with E-state index in [1.165, 1.54) is 30.5 Å². The summed E-state index contributed by atoms with van der Waals surface area (Å²) in [6.45, 7) is 2.32. The molecule has 1 N–H and O–H groups in total. The molecule has 0 aliphatic carbocycles. The summed E-state index contributed by atoms with van der Waals surface area (Å²) in [6.07, 6.45) is 1.39. The first-order valence-electron chi connectivity index (χ1n) is 7.01. The molecule has 0 aliphatic heterocycles. The van der Waals surface area contributed by atoms with Crippen LogP contribution in [0.3, 0.4) is 0 Å². The van der Waals surface area contributed by atoms with Gasteiger partial charge in [0.1, 0.15) is 5.75 Å². The Balaban J connectivity index is 2.11. The number of rotatable bonds is 6. The number of nitro groups is 1. The molecule has 0 radical (unpaired) electrons. The number of amides is 1. The highest BCUT2D eigenvalue weighted by Crippen LogP contribution is 2.21. The van der Waals surface area contributed by atoms with Crippen molar-refractivity contribution in [2.75, 3.05) is 6.61 Å². The lowest BCUT2D eigenvalue weighted by Crippen LogP contribution is -2.17. The Hall–Kier alpha value is -2.93. The molecule has 0 saturated carbocycles. The monoisotopic (exact) mass is 347 g/mol. The van der Waals surface area contributed by atoms with Crippen molar-refractivity contribution in [1.82, 2.24) is 5.43 Å². The number of ether oxygens (including phenoxy) is 1. The zero-order chi connectivity index (χ0) is 17.5. The van der Waals surface area contributed by atoms with Crippen LogP contribution in [-0.2, 0) is 0 Å². The first-order chi connectivity index (χ1) is 11.5. The maximum absolute atomic E-state index is 12.0. The second-order valence-corrected chi connectivity index (χ2v) is 5.06. The number of nitro benzene ring substituents is 1. The first-order valence-corrected chi connectivity index (χ1v) is 7.39. The Labute approximate surface area is 143 Å². The number of non-ortho nitro benzene ring substituents is 1. The smallest absolute Gasteiger partial charge is 0.271 e. The number of carbonyl (C=O) groups excluding carboxylic acids is 1. The molecule has 2 aromatic carbocycles. The van der Waals surface area contributed by atoms with Crippen LogP contribution in [0.2, 0.25) is 5.02 Å². The zero-order valence-corrected chi connectivity index (χ0v) is 13.5. The van der Waals surface area contributed by atoms with Crippen LogP contribution in [0.15, 0.2) is 47.6 Å². The molecule has 0 saturated heterocycles. The van der Waals surface area contributed by atoms with Crippen molar-refractivity contribution in [3.63, 3.8) is 0 Å². The lowest BCUT2D eigenvalue weighted by atomic mass is 10.2. The van der Waals surface area contributed by atoms with E-state index in [0.29, 0.717) is 22.9 Å². The molecule has 124 valence electrons. The van der Waals surface area contributed by atoms with E-state index in [0.717, 1.165) is 0 Å². The molecule has 0 aliphatic rings. The fourth-order valence-electron chi connectivity index (χ4n) is 1.89. The van der Waals surface area contributed by atoms with Gasteiger partial charge in [-0.3, -0.25) is 14.9 Å². The fourth-order valence-corrected chi connectivity index (χ4v) is 2.07. The van der Waals surface area contributed by atoms with Crippen LogP contribution in [0.5, 0.6) is 5.75 Å². The molecule has 0 bridgehead atoms. The quantitative estimate of drug-likeness (QED) is 0.492. The van der Waals surface area contributed by atoms with Gasteiger partial charge in [0.25, 0.3) is 11.6 Å². The second kappa shape index (κ2) is 8.07. The lowest BCUT2D eigenvalue weighted by molar-refractivity contribution is -0.384. The van der Waals surface area contributed by atoms with Crippen molar-refractivity contribution in [2.45, 2.75) is 6.92 Å². The summed E-state index contributed by atoms with van der Waals surface area (Å²) in [6, 6.07) is 10.4. The van der Waals surface area contributed by atoms with E-state index in [9.17, 15) is 14.9 Å². The molecule has 0 fully saturated rings. The topological polar surface area (TPSA) is 93.8 Å². The molecular formula is C16H14ClN3O4. The molecule has 7 nitrogen and oxygen atoms in total. The van der Waals surface area contributed by atoms with Gasteiger partial charge in [-0.25, -0.2) is 5.43 Å². The number of nitrogens with one attached hydrogen (secondary N) is 1. The van der Waals surface area contributed by atoms with E-state index in [1.54, 1.807) is 18.2 Å². The highest BCUT2D eigenvalue weighted by molar-refractivity contribution is 6.30. The SMILES string of the molecule is CCOc1ccc(Cl)cc1C=NNC(=O)c1cccc([N+](=O)[O-])c1. The van der Waals surface area contributed by atoms with Crippen LogP contribution in [-0.4, -0.2) is 23.7 Å². The number of hydrazone groups is 1. The molecule has 1 amide bonds. The summed E-state index contributed by atoms with van der Waals surface area (Å²) in [5, 5.41) is 15.1. The van der Waals surface area contributed by atoms with Crippen LogP contribution in [0.25, 0.3) is 0 Å². The van der Waals surface area contributed by atoms with E-state index in [-0.39, 0.29) is 11.3 Å². The van der Waals surface area contributed by atoms with E-state index in [1.807, 2.05) is 6.92 Å². The molecule has 0 spiro atoms. The van der Waals surface area contributed by atoms with Gasteiger partial charge in [0.05, 0.1) is 17.7 Å². The van der Waals surface area contributed by atoms with Crippen molar-refractivity contribution < 1.29 is 14.5 Å². The minimum Gasteiger partial charge on any atom is -0.493 e. The third-order valence-corrected chi connectivity index (χ3v) is 3.20. The van der Waals surface area contributed by atoms with Crippen molar-refractivity contribution in [3.8, 4) is 5.75 Å². The van der Waals surface area contributed by atoms with Gasteiger partial charge in [-0.05, 0) is 31.2 Å². The van der Waals surface area contributed by atoms with Gasteiger partial charge in [0.15, 0.2) is 0 Å². The van der Waals surface area contributed by atoms with E-state index in [4.69, 9.17) is 16.3 Å². The summed E-state index contributed by atoms with van der Waals surface area (Å²) < 4.78 is 5.44. The van der Waals surface area contributed by atoms with Crippen molar-refractivity contribution >= 4 is 29.4 Å². The molecule has 0 aromatic heterocycles. The number of nitrogens with zero attached hydrogens (tertiary/aromatic N) is 2. The third-order valence-electron chi connectivity index (χ3n) is 2.96. The first kappa shape index (κ1) is 17.4. The maximum atomic E-state index is 12.0. The lowest BCUT2D eigenvalue weighted by Gasteiger charge is -2.07. The molecule has 2 rings (SSSR count). The molecular weight excluding hydrogens is 334 g/mol. The van der Waals surface area contributed by atoms with Gasteiger partial charge >= 0.3 is 0 Å². The predicted molar refractivity (Wildman–Crippen MR) is 90.8 cm³/mol. The summed E-state index contributed by atoms with van der Waals surface area (Å²) >= 11 is 5.93.